The topological polar surface area (TPSA) is 47.6 Å². The predicted molar refractivity (Wildman–Crippen MR) is 88.4 cm³/mol. The van der Waals surface area contributed by atoms with E-state index in [0.29, 0.717) is 13.2 Å². The van der Waals surface area contributed by atoms with Gasteiger partial charge < -0.3 is 14.8 Å². The van der Waals surface area contributed by atoms with Crippen molar-refractivity contribution < 1.29 is 14.3 Å². The Balaban J connectivity index is 1.67. The number of hydrogen-bond donors (Lipinski definition) is 1. The summed E-state index contributed by atoms with van der Waals surface area (Å²) in [5, 5.41) is 2.91. The molecule has 0 saturated heterocycles. The van der Waals surface area contributed by atoms with Gasteiger partial charge in [-0.05, 0) is 23.6 Å². The Morgan fingerprint density at radius 2 is 1.70 bits per heavy atom. The van der Waals surface area contributed by atoms with E-state index in [-0.39, 0.29) is 17.7 Å². The molecule has 1 N–H and O–H groups in total. The Hall–Kier alpha value is -2.75. The molecule has 0 fully saturated rings. The monoisotopic (exact) mass is 309 g/mol. The van der Waals surface area contributed by atoms with Crippen molar-refractivity contribution in [1.82, 2.24) is 5.32 Å². The highest BCUT2D eigenvalue weighted by Gasteiger charge is 2.17. The van der Waals surface area contributed by atoms with Gasteiger partial charge in [-0.25, -0.2) is 0 Å². The maximum Gasteiger partial charge on any atom is 0.290 e. The van der Waals surface area contributed by atoms with Gasteiger partial charge in [-0.3, -0.25) is 4.79 Å². The van der Waals surface area contributed by atoms with Gasteiger partial charge in [0.1, 0.15) is 19.5 Å². The fraction of sp³-hybridized carbons (Fsp3) is 0.211. The lowest BCUT2D eigenvalue weighted by Gasteiger charge is -2.18. The average molecular weight is 309 g/mol. The quantitative estimate of drug-likeness (QED) is 0.941. The smallest absolute Gasteiger partial charge is 0.290 e. The zero-order valence-corrected chi connectivity index (χ0v) is 13.0. The molecule has 0 aliphatic carbocycles. The van der Waals surface area contributed by atoms with Gasteiger partial charge in [0, 0.05) is 0 Å². The van der Waals surface area contributed by atoms with E-state index in [4.69, 9.17) is 9.47 Å². The molecule has 1 heterocycles. The summed E-state index contributed by atoms with van der Waals surface area (Å²) < 4.78 is 10.4. The summed E-state index contributed by atoms with van der Waals surface area (Å²) in [5.74, 6) is -0.0339. The lowest BCUT2D eigenvalue weighted by Crippen LogP contribution is -2.30. The van der Waals surface area contributed by atoms with E-state index in [1.807, 2.05) is 37.3 Å². The standard InChI is InChI=1S/C19H19NO3/c1-14(20-19(21)18-13-22-11-12-23-18)15-7-9-17(10-8-15)16-5-3-2-4-6-16/h2-10,13-14H,11-12H2,1H3,(H,20,21). The Labute approximate surface area is 135 Å². The molecule has 2 aromatic carbocycles. The number of ether oxygens (including phenoxy) is 2. The second-order valence-corrected chi connectivity index (χ2v) is 5.38. The minimum absolute atomic E-state index is 0.112. The van der Waals surface area contributed by atoms with Crippen LogP contribution in [0.3, 0.4) is 0 Å². The van der Waals surface area contributed by atoms with Gasteiger partial charge in [-0.1, -0.05) is 54.6 Å². The molecule has 0 bridgehead atoms. The van der Waals surface area contributed by atoms with Crippen LogP contribution in [0.2, 0.25) is 0 Å². The van der Waals surface area contributed by atoms with Gasteiger partial charge >= 0.3 is 0 Å². The van der Waals surface area contributed by atoms with E-state index >= 15 is 0 Å². The predicted octanol–water partition coefficient (Wildman–Crippen LogP) is 3.42. The van der Waals surface area contributed by atoms with Crippen LogP contribution in [0.1, 0.15) is 18.5 Å². The molecular formula is C19H19NO3. The lowest BCUT2D eigenvalue weighted by molar-refractivity contribution is -0.122. The molecule has 1 aliphatic rings. The van der Waals surface area contributed by atoms with Crippen LogP contribution < -0.4 is 5.32 Å². The molecule has 1 amide bonds. The third kappa shape index (κ3) is 3.72. The lowest BCUT2D eigenvalue weighted by atomic mass is 10.0. The maximum absolute atomic E-state index is 12.1. The second-order valence-electron chi connectivity index (χ2n) is 5.38. The van der Waals surface area contributed by atoms with Crippen LogP contribution >= 0.6 is 0 Å². The zero-order valence-electron chi connectivity index (χ0n) is 13.0. The van der Waals surface area contributed by atoms with E-state index in [1.165, 1.54) is 11.8 Å². The summed E-state index contributed by atoms with van der Waals surface area (Å²) in [5.41, 5.74) is 3.36. The van der Waals surface area contributed by atoms with Crippen molar-refractivity contribution in [3.63, 3.8) is 0 Å². The number of carbonyl (C=O) groups is 1. The van der Waals surface area contributed by atoms with E-state index in [9.17, 15) is 4.79 Å². The first-order chi connectivity index (χ1) is 11.2. The molecule has 1 atom stereocenters. The van der Waals surface area contributed by atoms with Crippen LogP contribution in [0.4, 0.5) is 0 Å². The first kappa shape index (κ1) is 15.2. The Bertz CT molecular complexity index is 692. The van der Waals surface area contributed by atoms with E-state index < -0.39 is 0 Å². The van der Waals surface area contributed by atoms with Crippen molar-refractivity contribution in [2.24, 2.45) is 0 Å². The highest BCUT2D eigenvalue weighted by Crippen LogP contribution is 2.22. The first-order valence-electron chi connectivity index (χ1n) is 7.65. The molecular weight excluding hydrogens is 290 g/mol. The van der Waals surface area contributed by atoms with E-state index in [1.54, 1.807) is 0 Å². The van der Waals surface area contributed by atoms with Gasteiger partial charge in [0.05, 0.1) is 6.04 Å². The minimum atomic E-state index is -0.260. The zero-order chi connectivity index (χ0) is 16.1. The van der Waals surface area contributed by atoms with Gasteiger partial charge in [0.15, 0.2) is 0 Å². The van der Waals surface area contributed by atoms with Crippen molar-refractivity contribution in [1.29, 1.82) is 0 Å². The second kappa shape index (κ2) is 7.01. The van der Waals surface area contributed by atoms with Crippen molar-refractivity contribution in [2.45, 2.75) is 13.0 Å². The Morgan fingerprint density at radius 1 is 1.00 bits per heavy atom. The fourth-order valence-electron chi connectivity index (χ4n) is 2.43. The molecule has 118 valence electrons. The normalized spacial score (nSPS) is 14.9. The highest BCUT2D eigenvalue weighted by atomic mass is 16.6. The highest BCUT2D eigenvalue weighted by molar-refractivity contribution is 5.91. The Morgan fingerprint density at radius 3 is 2.35 bits per heavy atom. The molecule has 0 radical (unpaired) electrons. The molecule has 4 heteroatoms. The molecule has 0 aromatic heterocycles. The third-order valence-electron chi connectivity index (χ3n) is 3.74. The van der Waals surface area contributed by atoms with Gasteiger partial charge in [0.25, 0.3) is 5.91 Å². The van der Waals surface area contributed by atoms with Crippen LogP contribution in [0.5, 0.6) is 0 Å². The molecule has 0 saturated carbocycles. The molecule has 2 aromatic rings. The number of benzene rings is 2. The van der Waals surface area contributed by atoms with Gasteiger partial charge in [-0.2, -0.15) is 0 Å². The SMILES string of the molecule is CC(NC(=O)C1=COCCO1)c1ccc(-c2ccccc2)cc1. The van der Waals surface area contributed by atoms with Gasteiger partial charge in [-0.15, -0.1) is 0 Å². The summed E-state index contributed by atoms with van der Waals surface area (Å²) >= 11 is 0. The molecule has 1 aliphatic heterocycles. The summed E-state index contributed by atoms with van der Waals surface area (Å²) in [6.07, 6.45) is 1.37. The van der Waals surface area contributed by atoms with Gasteiger partial charge in [0.2, 0.25) is 5.76 Å². The van der Waals surface area contributed by atoms with Crippen molar-refractivity contribution >= 4 is 5.91 Å². The largest absolute Gasteiger partial charge is 0.494 e. The first-order valence-corrected chi connectivity index (χ1v) is 7.65. The summed E-state index contributed by atoms with van der Waals surface area (Å²) in [6, 6.07) is 18.3. The summed E-state index contributed by atoms with van der Waals surface area (Å²) in [4.78, 5) is 12.1. The van der Waals surface area contributed by atoms with Crippen LogP contribution in [0.15, 0.2) is 66.6 Å². The van der Waals surface area contributed by atoms with E-state index in [2.05, 4.69) is 29.6 Å². The van der Waals surface area contributed by atoms with Crippen LogP contribution in [0.25, 0.3) is 11.1 Å². The van der Waals surface area contributed by atoms with Crippen LogP contribution in [-0.4, -0.2) is 19.1 Å². The number of amides is 1. The molecule has 3 rings (SSSR count). The molecule has 4 nitrogen and oxygen atoms in total. The number of hydrogen-bond acceptors (Lipinski definition) is 3. The van der Waals surface area contributed by atoms with Crippen molar-refractivity contribution in [3.8, 4) is 11.1 Å². The van der Waals surface area contributed by atoms with Crippen LogP contribution in [-0.2, 0) is 14.3 Å². The Kier molecular flexibility index (Phi) is 4.62. The molecule has 0 spiro atoms. The number of nitrogens with one attached hydrogen (secondary N) is 1. The third-order valence-corrected chi connectivity index (χ3v) is 3.74. The summed E-state index contributed by atoms with van der Waals surface area (Å²) in [6.45, 7) is 2.83. The minimum Gasteiger partial charge on any atom is -0.494 e. The maximum atomic E-state index is 12.1. The average Bonchev–Trinajstić information content (AvgIpc) is 2.63. The molecule has 1 unspecified atom stereocenters. The number of rotatable bonds is 4. The molecule has 23 heavy (non-hydrogen) atoms. The fourth-order valence-corrected chi connectivity index (χ4v) is 2.43. The number of carbonyl (C=O) groups excluding carboxylic acids is 1. The van der Waals surface area contributed by atoms with E-state index in [0.717, 1.165) is 11.1 Å². The van der Waals surface area contributed by atoms with Crippen molar-refractivity contribution in [2.75, 3.05) is 13.2 Å². The van der Waals surface area contributed by atoms with Crippen molar-refractivity contribution in [3.05, 3.63) is 72.2 Å². The van der Waals surface area contributed by atoms with Crippen LogP contribution in [0, 0.1) is 0 Å². The summed E-state index contributed by atoms with van der Waals surface area (Å²) in [7, 11) is 0.